The first-order valence-corrected chi connectivity index (χ1v) is 8.30. The summed E-state index contributed by atoms with van der Waals surface area (Å²) in [6.45, 7) is 1.76. The summed E-state index contributed by atoms with van der Waals surface area (Å²) < 4.78 is 32.5. The average Bonchev–Trinajstić information content (AvgIpc) is 3.22. The van der Waals surface area contributed by atoms with Gasteiger partial charge < -0.3 is 9.84 Å². The number of hydrogen-bond acceptors (Lipinski definition) is 4. The normalized spacial score (nSPS) is 20.5. The lowest BCUT2D eigenvalue weighted by Crippen LogP contribution is -2.27. The second kappa shape index (κ2) is 6.48. The molecule has 2 unspecified atom stereocenters. The predicted molar refractivity (Wildman–Crippen MR) is 79.5 cm³/mol. The lowest BCUT2D eigenvalue weighted by Gasteiger charge is -2.09. The van der Waals surface area contributed by atoms with E-state index in [1.807, 2.05) is 0 Å². The molecule has 1 aromatic rings. The topological polar surface area (TPSA) is 75.6 Å². The van der Waals surface area contributed by atoms with E-state index >= 15 is 0 Å². The number of benzene rings is 1. The van der Waals surface area contributed by atoms with Gasteiger partial charge in [-0.2, -0.15) is 0 Å². The summed E-state index contributed by atoms with van der Waals surface area (Å²) >= 11 is 0. The van der Waals surface area contributed by atoms with Crippen LogP contribution in [0.5, 0.6) is 5.75 Å². The minimum absolute atomic E-state index is 0.0362. The van der Waals surface area contributed by atoms with Crippen molar-refractivity contribution in [2.45, 2.75) is 30.7 Å². The SMILES string of the molecule is CCC1CC1NS(=O)(=O)c1ccc(OC)c(C#CCO)c1. The van der Waals surface area contributed by atoms with Crippen molar-refractivity contribution >= 4 is 10.0 Å². The van der Waals surface area contributed by atoms with Gasteiger partial charge in [-0.05, 0) is 30.5 Å². The van der Waals surface area contributed by atoms with Crippen LogP contribution in [0.2, 0.25) is 0 Å². The van der Waals surface area contributed by atoms with Gasteiger partial charge in [0, 0.05) is 6.04 Å². The van der Waals surface area contributed by atoms with E-state index in [0.29, 0.717) is 17.2 Å². The van der Waals surface area contributed by atoms with Gasteiger partial charge >= 0.3 is 0 Å². The molecule has 1 aromatic carbocycles. The fourth-order valence-corrected chi connectivity index (χ4v) is 3.54. The maximum absolute atomic E-state index is 12.3. The molecule has 114 valence electrons. The van der Waals surface area contributed by atoms with Crippen LogP contribution in [0.3, 0.4) is 0 Å². The summed E-state index contributed by atoms with van der Waals surface area (Å²) in [7, 11) is -2.06. The maximum Gasteiger partial charge on any atom is 0.240 e. The zero-order valence-corrected chi connectivity index (χ0v) is 12.9. The molecular formula is C15H19NO4S. The smallest absolute Gasteiger partial charge is 0.240 e. The van der Waals surface area contributed by atoms with Crippen molar-refractivity contribution in [1.29, 1.82) is 0 Å². The Morgan fingerprint density at radius 3 is 2.81 bits per heavy atom. The predicted octanol–water partition coefficient (Wildman–Crippen LogP) is 1.12. The van der Waals surface area contributed by atoms with Gasteiger partial charge in [0.15, 0.2) is 0 Å². The van der Waals surface area contributed by atoms with E-state index in [1.165, 1.54) is 19.2 Å². The minimum atomic E-state index is -3.55. The Balaban J connectivity index is 2.27. The van der Waals surface area contributed by atoms with Crippen LogP contribution in [0.25, 0.3) is 0 Å². The molecule has 5 nitrogen and oxygen atoms in total. The number of sulfonamides is 1. The van der Waals surface area contributed by atoms with Crippen LogP contribution in [-0.2, 0) is 10.0 Å². The third-order valence-corrected chi connectivity index (χ3v) is 5.02. The van der Waals surface area contributed by atoms with Crippen molar-refractivity contribution in [3.63, 3.8) is 0 Å². The molecule has 0 heterocycles. The largest absolute Gasteiger partial charge is 0.495 e. The molecule has 0 spiro atoms. The molecule has 0 amide bonds. The highest BCUT2D eigenvalue weighted by atomic mass is 32.2. The maximum atomic E-state index is 12.3. The molecule has 2 rings (SSSR count). The van der Waals surface area contributed by atoms with E-state index < -0.39 is 10.0 Å². The van der Waals surface area contributed by atoms with Crippen LogP contribution in [0.4, 0.5) is 0 Å². The lowest BCUT2D eigenvalue weighted by molar-refractivity contribution is 0.350. The van der Waals surface area contributed by atoms with Gasteiger partial charge in [0.1, 0.15) is 12.4 Å². The molecule has 0 saturated heterocycles. The van der Waals surface area contributed by atoms with Crippen molar-refractivity contribution in [1.82, 2.24) is 4.72 Å². The summed E-state index contributed by atoms with van der Waals surface area (Å²) in [6, 6.07) is 4.57. The van der Waals surface area contributed by atoms with Crippen LogP contribution >= 0.6 is 0 Å². The first kappa shape index (κ1) is 15.8. The summed E-state index contributed by atoms with van der Waals surface area (Å²) in [5, 5.41) is 8.76. The van der Waals surface area contributed by atoms with Gasteiger partial charge in [0.2, 0.25) is 10.0 Å². The number of nitrogens with one attached hydrogen (secondary N) is 1. The summed E-state index contributed by atoms with van der Waals surface area (Å²) in [5.41, 5.74) is 0.442. The molecule has 1 fully saturated rings. The third-order valence-electron chi connectivity index (χ3n) is 3.54. The molecule has 1 aliphatic carbocycles. The van der Waals surface area contributed by atoms with Crippen molar-refractivity contribution in [2.75, 3.05) is 13.7 Å². The van der Waals surface area contributed by atoms with E-state index in [4.69, 9.17) is 9.84 Å². The Morgan fingerprint density at radius 1 is 1.48 bits per heavy atom. The first-order valence-electron chi connectivity index (χ1n) is 6.82. The Labute approximate surface area is 125 Å². The minimum Gasteiger partial charge on any atom is -0.495 e. The van der Waals surface area contributed by atoms with Crippen molar-refractivity contribution in [3.8, 4) is 17.6 Å². The molecule has 2 N–H and O–H groups in total. The number of methoxy groups -OCH3 is 1. The van der Waals surface area contributed by atoms with E-state index in [1.54, 1.807) is 6.07 Å². The molecule has 1 saturated carbocycles. The highest BCUT2D eigenvalue weighted by Crippen LogP contribution is 2.34. The van der Waals surface area contributed by atoms with Crippen LogP contribution in [0, 0.1) is 17.8 Å². The van der Waals surface area contributed by atoms with Crippen LogP contribution < -0.4 is 9.46 Å². The van der Waals surface area contributed by atoms with Gasteiger partial charge in [-0.25, -0.2) is 13.1 Å². The number of hydrogen-bond donors (Lipinski definition) is 2. The second-order valence-electron chi connectivity index (χ2n) is 4.95. The lowest BCUT2D eigenvalue weighted by atomic mass is 10.2. The quantitative estimate of drug-likeness (QED) is 0.799. The molecule has 0 aliphatic heterocycles. The van der Waals surface area contributed by atoms with Gasteiger partial charge in [-0.3, -0.25) is 0 Å². The van der Waals surface area contributed by atoms with Gasteiger partial charge in [-0.15, -0.1) is 0 Å². The zero-order chi connectivity index (χ0) is 15.5. The Kier molecular flexibility index (Phi) is 4.88. The Hall–Kier alpha value is -1.55. The zero-order valence-electron chi connectivity index (χ0n) is 12.1. The number of aliphatic hydroxyl groups excluding tert-OH is 1. The molecule has 2 atom stereocenters. The molecule has 6 heteroatoms. The van der Waals surface area contributed by atoms with E-state index in [2.05, 4.69) is 23.5 Å². The van der Waals surface area contributed by atoms with Crippen LogP contribution in [0.15, 0.2) is 23.1 Å². The van der Waals surface area contributed by atoms with Crippen molar-refractivity contribution in [2.24, 2.45) is 5.92 Å². The summed E-state index contributed by atoms with van der Waals surface area (Å²) in [5.74, 6) is 6.11. The van der Waals surface area contributed by atoms with Crippen LogP contribution in [0.1, 0.15) is 25.3 Å². The van der Waals surface area contributed by atoms with Crippen molar-refractivity contribution in [3.05, 3.63) is 23.8 Å². The fraction of sp³-hybridized carbons (Fsp3) is 0.467. The first-order chi connectivity index (χ1) is 10.0. The van der Waals surface area contributed by atoms with Crippen LogP contribution in [-0.4, -0.2) is 33.3 Å². The van der Waals surface area contributed by atoms with E-state index in [9.17, 15) is 8.42 Å². The molecule has 0 aromatic heterocycles. The van der Waals surface area contributed by atoms with Crippen molar-refractivity contribution < 1.29 is 18.3 Å². The number of aliphatic hydroxyl groups is 1. The second-order valence-corrected chi connectivity index (χ2v) is 6.67. The Morgan fingerprint density at radius 2 is 2.24 bits per heavy atom. The monoisotopic (exact) mass is 309 g/mol. The molecule has 0 bridgehead atoms. The summed E-state index contributed by atoms with van der Waals surface area (Å²) in [4.78, 5) is 0.160. The fourth-order valence-electron chi connectivity index (χ4n) is 2.20. The Bertz CT molecular complexity index is 673. The van der Waals surface area contributed by atoms with Gasteiger partial charge in [0.05, 0.1) is 17.6 Å². The molecule has 21 heavy (non-hydrogen) atoms. The molecule has 1 aliphatic rings. The van der Waals surface area contributed by atoms with E-state index in [-0.39, 0.29) is 17.5 Å². The number of ether oxygens (including phenoxy) is 1. The number of rotatable bonds is 5. The third kappa shape index (κ3) is 3.76. The van der Waals surface area contributed by atoms with Gasteiger partial charge in [0.25, 0.3) is 0 Å². The summed E-state index contributed by atoms with van der Waals surface area (Å²) in [6.07, 6.45) is 1.87. The molecule has 0 radical (unpaired) electrons. The average molecular weight is 309 g/mol. The highest BCUT2D eigenvalue weighted by molar-refractivity contribution is 7.89. The standard InChI is InChI=1S/C15H19NO4S/c1-3-11-10-14(11)16-21(18,19)13-6-7-15(20-2)12(9-13)5-4-8-17/h6-7,9,11,14,16-17H,3,8,10H2,1-2H3. The molecular weight excluding hydrogens is 290 g/mol. The highest BCUT2D eigenvalue weighted by Gasteiger charge is 2.38. The van der Waals surface area contributed by atoms with Gasteiger partial charge in [-0.1, -0.05) is 25.2 Å². The van der Waals surface area contributed by atoms with E-state index in [0.717, 1.165) is 12.8 Å².